The van der Waals surface area contributed by atoms with Crippen molar-refractivity contribution in [2.45, 2.75) is 32.1 Å². The zero-order chi connectivity index (χ0) is 11.1. The van der Waals surface area contributed by atoms with Gasteiger partial charge in [-0.15, -0.1) is 0 Å². The van der Waals surface area contributed by atoms with Crippen LogP contribution in [0.4, 0.5) is 0 Å². The fraction of sp³-hybridized carbons (Fsp3) is 0.462. The highest BCUT2D eigenvalue weighted by Gasteiger charge is 2.50. The Morgan fingerprint density at radius 3 is 2.13 bits per heavy atom. The van der Waals surface area contributed by atoms with E-state index in [0.29, 0.717) is 5.41 Å². The van der Waals surface area contributed by atoms with Crippen LogP contribution in [0.1, 0.15) is 32.3 Å². The third-order valence-electron chi connectivity index (χ3n) is 3.17. The van der Waals surface area contributed by atoms with E-state index in [1.807, 2.05) is 12.1 Å². The molecule has 1 saturated carbocycles. The molecule has 0 spiro atoms. The van der Waals surface area contributed by atoms with Gasteiger partial charge in [-0.3, -0.25) is 0 Å². The summed E-state index contributed by atoms with van der Waals surface area (Å²) in [7, 11) is 0. The Kier molecular flexibility index (Phi) is 2.39. The first-order valence-corrected chi connectivity index (χ1v) is 5.94. The number of halogens is 1. The van der Waals surface area contributed by atoms with Crippen molar-refractivity contribution >= 4 is 15.9 Å². The predicted octanol–water partition coefficient (Wildman–Crippen LogP) is 4.03. The molecular formula is C13H14BrN. The lowest BCUT2D eigenvalue weighted by Gasteiger charge is -2.49. The van der Waals surface area contributed by atoms with E-state index in [1.54, 1.807) is 0 Å². The van der Waals surface area contributed by atoms with Crippen LogP contribution in [0.2, 0.25) is 0 Å². The summed E-state index contributed by atoms with van der Waals surface area (Å²) in [6.45, 7) is 4.45. The van der Waals surface area contributed by atoms with E-state index < -0.39 is 0 Å². The van der Waals surface area contributed by atoms with E-state index in [2.05, 4.69) is 48.0 Å². The minimum atomic E-state index is -0.232. The minimum Gasteiger partial charge on any atom is -0.197 e. The molecule has 0 unspecified atom stereocenters. The fourth-order valence-corrected chi connectivity index (χ4v) is 2.96. The summed E-state index contributed by atoms with van der Waals surface area (Å²) < 4.78 is 1.07. The van der Waals surface area contributed by atoms with Gasteiger partial charge in [0.25, 0.3) is 0 Å². The number of nitrogens with zero attached hydrogens (tertiary/aromatic N) is 1. The Labute approximate surface area is 99.2 Å². The van der Waals surface area contributed by atoms with Gasteiger partial charge in [0, 0.05) is 4.47 Å². The summed E-state index contributed by atoms with van der Waals surface area (Å²) in [6, 6.07) is 10.6. The highest BCUT2D eigenvalue weighted by atomic mass is 79.9. The second-order valence-electron chi connectivity index (χ2n) is 5.22. The van der Waals surface area contributed by atoms with Gasteiger partial charge in [0.05, 0.1) is 11.5 Å². The molecule has 0 N–H and O–H groups in total. The molecule has 0 saturated heterocycles. The number of hydrogen-bond donors (Lipinski definition) is 0. The molecule has 0 aliphatic heterocycles. The first-order chi connectivity index (χ1) is 6.97. The van der Waals surface area contributed by atoms with Crippen molar-refractivity contribution in [3.05, 3.63) is 34.3 Å². The van der Waals surface area contributed by atoms with Gasteiger partial charge in [-0.2, -0.15) is 5.26 Å². The molecule has 1 aliphatic carbocycles. The van der Waals surface area contributed by atoms with Crippen molar-refractivity contribution in [2.75, 3.05) is 0 Å². The predicted molar refractivity (Wildman–Crippen MR) is 64.4 cm³/mol. The maximum atomic E-state index is 9.33. The maximum Gasteiger partial charge on any atom is 0.0832 e. The summed E-state index contributed by atoms with van der Waals surface area (Å²) in [5.41, 5.74) is 1.25. The summed E-state index contributed by atoms with van der Waals surface area (Å²) in [4.78, 5) is 0. The molecule has 1 fully saturated rings. The molecule has 0 atom stereocenters. The van der Waals surface area contributed by atoms with Crippen molar-refractivity contribution in [2.24, 2.45) is 5.41 Å². The van der Waals surface area contributed by atoms with Crippen LogP contribution < -0.4 is 0 Å². The Hall–Kier alpha value is -0.810. The Morgan fingerprint density at radius 2 is 1.73 bits per heavy atom. The molecule has 15 heavy (non-hydrogen) atoms. The zero-order valence-electron chi connectivity index (χ0n) is 9.05. The standard InChI is InChI=1S/C13H14BrN/c1-12(2)7-13(8-12,9-15)10-3-5-11(14)6-4-10/h3-6H,7-8H2,1-2H3. The lowest BCUT2D eigenvalue weighted by Crippen LogP contribution is -2.45. The molecule has 0 amide bonds. The first-order valence-electron chi connectivity index (χ1n) is 5.15. The van der Waals surface area contributed by atoms with Crippen LogP contribution in [-0.4, -0.2) is 0 Å². The van der Waals surface area contributed by atoms with Crippen LogP contribution in [0.3, 0.4) is 0 Å². The molecule has 1 nitrogen and oxygen atoms in total. The molecule has 0 bridgehead atoms. The molecular weight excluding hydrogens is 250 g/mol. The van der Waals surface area contributed by atoms with Crippen LogP contribution >= 0.6 is 15.9 Å². The van der Waals surface area contributed by atoms with E-state index in [-0.39, 0.29) is 5.41 Å². The van der Waals surface area contributed by atoms with Crippen molar-refractivity contribution in [1.29, 1.82) is 5.26 Å². The van der Waals surface area contributed by atoms with E-state index in [1.165, 1.54) is 0 Å². The van der Waals surface area contributed by atoms with E-state index >= 15 is 0 Å². The van der Waals surface area contributed by atoms with Crippen molar-refractivity contribution in [3.63, 3.8) is 0 Å². The van der Waals surface area contributed by atoms with E-state index in [4.69, 9.17) is 0 Å². The summed E-state index contributed by atoms with van der Waals surface area (Å²) in [6.07, 6.45) is 1.94. The fourth-order valence-electron chi connectivity index (χ4n) is 2.70. The molecule has 2 heteroatoms. The van der Waals surface area contributed by atoms with Crippen molar-refractivity contribution in [1.82, 2.24) is 0 Å². The Bertz CT molecular complexity index is 403. The smallest absolute Gasteiger partial charge is 0.0832 e. The molecule has 0 heterocycles. The molecule has 78 valence electrons. The quantitative estimate of drug-likeness (QED) is 0.751. The van der Waals surface area contributed by atoms with Crippen LogP contribution in [-0.2, 0) is 5.41 Å². The maximum absolute atomic E-state index is 9.33. The highest BCUT2D eigenvalue weighted by Crippen LogP contribution is 2.54. The van der Waals surface area contributed by atoms with Crippen LogP contribution in [0.5, 0.6) is 0 Å². The summed E-state index contributed by atoms with van der Waals surface area (Å²) in [5, 5.41) is 9.33. The second kappa shape index (κ2) is 3.35. The van der Waals surface area contributed by atoms with Gasteiger partial charge >= 0.3 is 0 Å². The molecule has 0 radical (unpaired) electrons. The third-order valence-corrected chi connectivity index (χ3v) is 3.70. The van der Waals surface area contributed by atoms with E-state index in [0.717, 1.165) is 22.9 Å². The van der Waals surface area contributed by atoms with Crippen molar-refractivity contribution in [3.8, 4) is 6.07 Å². The second-order valence-corrected chi connectivity index (χ2v) is 6.13. The summed E-state index contributed by atoms with van der Waals surface area (Å²) in [5.74, 6) is 0. The van der Waals surface area contributed by atoms with Gasteiger partial charge in [0.2, 0.25) is 0 Å². The SMILES string of the molecule is CC1(C)CC(C#N)(c2ccc(Br)cc2)C1. The van der Waals surface area contributed by atoms with Gasteiger partial charge in [-0.05, 0) is 36.0 Å². The minimum absolute atomic E-state index is 0.232. The third kappa shape index (κ3) is 1.81. The number of nitriles is 1. The van der Waals surface area contributed by atoms with E-state index in [9.17, 15) is 5.26 Å². The molecule has 1 aromatic carbocycles. The molecule has 2 rings (SSSR count). The average Bonchev–Trinajstić information content (AvgIpc) is 2.14. The van der Waals surface area contributed by atoms with Gasteiger partial charge < -0.3 is 0 Å². The lowest BCUT2D eigenvalue weighted by atomic mass is 9.52. The summed E-state index contributed by atoms with van der Waals surface area (Å²) >= 11 is 3.41. The zero-order valence-corrected chi connectivity index (χ0v) is 10.6. The average molecular weight is 264 g/mol. The van der Waals surface area contributed by atoms with Crippen LogP contribution in [0.15, 0.2) is 28.7 Å². The van der Waals surface area contributed by atoms with Gasteiger partial charge in [0.15, 0.2) is 0 Å². The monoisotopic (exact) mass is 263 g/mol. The largest absolute Gasteiger partial charge is 0.197 e. The number of hydrogen-bond acceptors (Lipinski definition) is 1. The first kappa shape index (κ1) is 10.7. The van der Waals surface area contributed by atoms with Crippen LogP contribution in [0, 0.1) is 16.7 Å². The Balaban J connectivity index is 2.31. The number of benzene rings is 1. The van der Waals surface area contributed by atoms with Gasteiger partial charge in [-0.25, -0.2) is 0 Å². The molecule has 1 aromatic rings. The van der Waals surface area contributed by atoms with Crippen LogP contribution in [0.25, 0.3) is 0 Å². The number of rotatable bonds is 1. The van der Waals surface area contributed by atoms with Gasteiger partial charge in [-0.1, -0.05) is 41.9 Å². The lowest BCUT2D eigenvalue weighted by molar-refractivity contribution is 0.0999. The van der Waals surface area contributed by atoms with Crippen molar-refractivity contribution < 1.29 is 0 Å². The topological polar surface area (TPSA) is 23.8 Å². The molecule has 0 aromatic heterocycles. The normalized spacial score (nSPS) is 21.5. The highest BCUT2D eigenvalue weighted by molar-refractivity contribution is 9.10. The van der Waals surface area contributed by atoms with Gasteiger partial charge in [0.1, 0.15) is 0 Å². The Morgan fingerprint density at radius 1 is 1.20 bits per heavy atom. The molecule has 1 aliphatic rings.